The van der Waals surface area contributed by atoms with Gasteiger partial charge in [-0.25, -0.2) is 0 Å². The SMILES string of the molecule is FC(F)(F)[C@H](OC[C@@H]1CO1)c1ccc2c(c1)OCO2. The molecule has 1 saturated heterocycles. The summed E-state index contributed by atoms with van der Waals surface area (Å²) in [6, 6.07) is 4.08. The summed E-state index contributed by atoms with van der Waals surface area (Å²) in [7, 11) is 0. The molecule has 0 N–H and O–H groups in total. The Labute approximate surface area is 107 Å². The van der Waals surface area contributed by atoms with Crippen LogP contribution in [-0.4, -0.2) is 32.3 Å². The van der Waals surface area contributed by atoms with Crippen LogP contribution in [-0.2, 0) is 9.47 Å². The van der Waals surface area contributed by atoms with Crippen LogP contribution in [0.5, 0.6) is 11.5 Å². The van der Waals surface area contributed by atoms with Crippen LogP contribution in [0.2, 0.25) is 0 Å². The topological polar surface area (TPSA) is 40.2 Å². The highest BCUT2D eigenvalue weighted by atomic mass is 19.4. The molecular formula is C12H11F3O4. The highest BCUT2D eigenvalue weighted by Crippen LogP contribution is 2.41. The van der Waals surface area contributed by atoms with Gasteiger partial charge in [0, 0.05) is 0 Å². The molecule has 7 heteroatoms. The summed E-state index contributed by atoms with van der Waals surface area (Å²) >= 11 is 0. The minimum atomic E-state index is -4.48. The fourth-order valence-corrected chi connectivity index (χ4v) is 1.82. The lowest BCUT2D eigenvalue weighted by Crippen LogP contribution is -2.25. The highest BCUT2D eigenvalue weighted by Gasteiger charge is 2.43. The second-order valence-corrected chi connectivity index (χ2v) is 4.32. The third-order valence-corrected chi connectivity index (χ3v) is 2.85. The minimum absolute atomic E-state index is 0.00241. The van der Waals surface area contributed by atoms with Crippen molar-refractivity contribution in [2.75, 3.05) is 20.0 Å². The molecule has 2 aliphatic rings. The van der Waals surface area contributed by atoms with Crippen molar-refractivity contribution >= 4 is 0 Å². The van der Waals surface area contributed by atoms with Crippen molar-refractivity contribution in [1.29, 1.82) is 0 Å². The molecule has 0 aromatic heterocycles. The largest absolute Gasteiger partial charge is 0.454 e. The van der Waals surface area contributed by atoms with Gasteiger partial charge in [0.15, 0.2) is 17.6 Å². The first-order valence-electron chi connectivity index (χ1n) is 5.73. The smallest absolute Gasteiger partial charge is 0.418 e. The van der Waals surface area contributed by atoms with E-state index in [2.05, 4.69) is 0 Å². The van der Waals surface area contributed by atoms with Crippen LogP contribution in [0.4, 0.5) is 13.2 Å². The van der Waals surface area contributed by atoms with Gasteiger partial charge < -0.3 is 18.9 Å². The van der Waals surface area contributed by atoms with Crippen molar-refractivity contribution in [2.45, 2.75) is 18.4 Å². The molecule has 0 aliphatic carbocycles. The zero-order chi connectivity index (χ0) is 13.5. The van der Waals surface area contributed by atoms with Crippen LogP contribution in [0.3, 0.4) is 0 Å². The third kappa shape index (κ3) is 2.76. The zero-order valence-corrected chi connectivity index (χ0v) is 9.77. The molecular weight excluding hydrogens is 265 g/mol. The van der Waals surface area contributed by atoms with Gasteiger partial charge in [0.05, 0.1) is 13.2 Å². The summed E-state index contributed by atoms with van der Waals surface area (Å²) in [4.78, 5) is 0. The van der Waals surface area contributed by atoms with Crippen LogP contribution in [0.15, 0.2) is 18.2 Å². The molecule has 3 rings (SSSR count). The summed E-state index contributed by atoms with van der Waals surface area (Å²) in [5, 5.41) is 0. The molecule has 0 unspecified atom stereocenters. The van der Waals surface area contributed by atoms with Crippen LogP contribution < -0.4 is 9.47 Å². The Morgan fingerprint density at radius 2 is 2.00 bits per heavy atom. The van der Waals surface area contributed by atoms with Gasteiger partial charge in [-0.2, -0.15) is 13.2 Å². The molecule has 0 amide bonds. The number of fused-ring (bicyclic) bond motifs is 1. The van der Waals surface area contributed by atoms with Gasteiger partial charge in [0.2, 0.25) is 6.79 Å². The van der Waals surface area contributed by atoms with E-state index in [0.717, 1.165) is 0 Å². The first-order chi connectivity index (χ1) is 9.04. The lowest BCUT2D eigenvalue weighted by molar-refractivity contribution is -0.224. The molecule has 4 nitrogen and oxygen atoms in total. The average molecular weight is 276 g/mol. The normalized spacial score (nSPS) is 22.4. The lowest BCUT2D eigenvalue weighted by atomic mass is 10.1. The minimum Gasteiger partial charge on any atom is -0.454 e. The highest BCUT2D eigenvalue weighted by molar-refractivity contribution is 5.45. The molecule has 0 radical (unpaired) electrons. The lowest BCUT2D eigenvalue weighted by Gasteiger charge is -2.21. The van der Waals surface area contributed by atoms with E-state index < -0.39 is 12.3 Å². The van der Waals surface area contributed by atoms with Crippen molar-refractivity contribution in [3.63, 3.8) is 0 Å². The van der Waals surface area contributed by atoms with Crippen molar-refractivity contribution in [2.24, 2.45) is 0 Å². The quantitative estimate of drug-likeness (QED) is 0.792. The van der Waals surface area contributed by atoms with Crippen LogP contribution in [0.25, 0.3) is 0 Å². The van der Waals surface area contributed by atoms with Crippen LogP contribution >= 0.6 is 0 Å². The molecule has 0 saturated carbocycles. The van der Waals surface area contributed by atoms with E-state index in [0.29, 0.717) is 18.1 Å². The molecule has 1 fully saturated rings. The number of benzene rings is 1. The number of alkyl halides is 3. The standard InChI is InChI=1S/C12H11F3O4/c13-12(14,15)11(17-5-8-4-16-8)7-1-2-9-10(3-7)19-6-18-9/h1-3,8,11H,4-6H2/t8-,11+/m0/s1. The summed E-state index contributed by atoms with van der Waals surface area (Å²) in [5.41, 5.74) is -0.00241. The molecule has 2 aliphatic heterocycles. The zero-order valence-electron chi connectivity index (χ0n) is 9.77. The number of hydrogen-bond donors (Lipinski definition) is 0. The maximum absolute atomic E-state index is 13.0. The molecule has 0 bridgehead atoms. The first kappa shape index (κ1) is 12.6. The Morgan fingerprint density at radius 3 is 2.68 bits per heavy atom. The number of epoxide rings is 1. The van der Waals surface area contributed by atoms with E-state index in [1.165, 1.54) is 18.2 Å². The number of ether oxygens (including phenoxy) is 4. The maximum atomic E-state index is 13.0. The summed E-state index contributed by atoms with van der Waals surface area (Å²) in [6.45, 7) is 0.399. The molecule has 2 heterocycles. The van der Waals surface area contributed by atoms with E-state index in [-0.39, 0.29) is 25.1 Å². The van der Waals surface area contributed by atoms with Gasteiger partial charge in [-0.15, -0.1) is 0 Å². The van der Waals surface area contributed by atoms with E-state index in [1.807, 2.05) is 0 Å². The van der Waals surface area contributed by atoms with Crippen molar-refractivity contribution < 1.29 is 32.1 Å². The third-order valence-electron chi connectivity index (χ3n) is 2.85. The van der Waals surface area contributed by atoms with Crippen molar-refractivity contribution in [3.05, 3.63) is 23.8 Å². The van der Waals surface area contributed by atoms with E-state index in [1.54, 1.807) is 0 Å². The molecule has 0 spiro atoms. The molecule has 1 aromatic rings. The van der Waals surface area contributed by atoms with E-state index in [9.17, 15) is 13.2 Å². The Morgan fingerprint density at radius 1 is 1.26 bits per heavy atom. The molecule has 19 heavy (non-hydrogen) atoms. The monoisotopic (exact) mass is 276 g/mol. The molecule has 104 valence electrons. The van der Waals surface area contributed by atoms with Crippen LogP contribution in [0, 0.1) is 0 Å². The molecule has 1 aromatic carbocycles. The van der Waals surface area contributed by atoms with Gasteiger partial charge in [0.1, 0.15) is 6.10 Å². The van der Waals surface area contributed by atoms with E-state index >= 15 is 0 Å². The maximum Gasteiger partial charge on any atom is 0.418 e. The van der Waals surface area contributed by atoms with Gasteiger partial charge in [-0.1, -0.05) is 6.07 Å². The number of rotatable bonds is 4. The average Bonchev–Trinajstić information content (AvgIpc) is 3.04. The van der Waals surface area contributed by atoms with Gasteiger partial charge in [-0.3, -0.25) is 0 Å². The molecule has 2 atom stereocenters. The Kier molecular flexibility index (Phi) is 3.02. The first-order valence-corrected chi connectivity index (χ1v) is 5.73. The number of halogens is 3. The summed E-state index contributed by atoms with van der Waals surface area (Å²) < 4.78 is 58.9. The second kappa shape index (κ2) is 4.57. The predicted octanol–water partition coefficient (Wildman–Crippen LogP) is 2.43. The van der Waals surface area contributed by atoms with Gasteiger partial charge in [0.25, 0.3) is 0 Å². The van der Waals surface area contributed by atoms with Gasteiger partial charge >= 0.3 is 6.18 Å². The summed E-state index contributed by atoms with van der Waals surface area (Å²) in [6.07, 6.45) is -6.69. The fraction of sp³-hybridized carbons (Fsp3) is 0.500. The Balaban J connectivity index is 1.81. The van der Waals surface area contributed by atoms with Crippen molar-refractivity contribution in [3.8, 4) is 11.5 Å². The fourth-order valence-electron chi connectivity index (χ4n) is 1.82. The van der Waals surface area contributed by atoms with Crippen molar-refractivity contribution in [1.82, 2.24) is 0 Å². The van der Waals surface area contributed by atoms with E-state index in [4.69, 9.17) is 18.9 Å². The predicted molar refractivity (Wildman–Crippen MR) is 57.1 cm³/mol. The number of hydrogen-bond acceptors (Lipinski definition) is 4. The van der Waals surface area contributed by atoms with Crippen LogP contribution in [0.1, 0.15) is 11.7 Å². The Hall–Kier alpha value is -1.47. The second-order valence-electron chi connectivity index (χ2n) is 4.32. The van der Waals surface area contributed by atoms with Gasteiger partial charge in [-0.05, 0) is 17.7 Å². The Bertz CT molecular complexity index is 471. The summed E-state index contributed by atoms with van der Waals surface area (Å²) in [5.74, 6) is 0.744.